The number of aromatic nitrogens is 1. The van der Waals surface area contributed by atoms with Gasteiger partial charge >= 0.3 is 5.95 Å². The molecule has 3 nitrogen and oxygen atoms in total. The highest BCUT2D eigenvalue weighted by Crippen LogP contribution is 2.06. The normalized spacial score (nSPS) is 9.29. The van der Waals surface area contributed by atoms with Crippen molar-refractivity contribution in [1.29, 1.82) is 0 Å². The molecule has 38 valence electrons. The Morgan fingerprint density at radius 1 is 1.86 bits per heavy atom. The maximum atomic E-state index is 8.42. The van der Waals surface area contributed by atoms with Crippen molar-refractivity contribution in [3.05, 3.63) is 11.8 Å². The minimum atomic E-state index is -0.127. The molecule has 1 heterocycles. The topological polar surface area (TPSA) is 46.3 Å². The second-order valence-electron chi connectivity index (χ2n) is 1.31. The summed E-state index contributed by atoms with van der Waals surface area (Å²) in [5.41, 5.74) is 0.692. The maximum Gasteiger partial charge on any atom is 0.308 e. The standard InChI is InChI=1S/C4H5NO2/c1-3-2-4(6)7-5-3/h2,6H,1H3. The van der Waals surface area contributed by atoms with Crippen molar-refractivity contribution in [3.8, 4) is 5.95 Å². The van der Waals surface area contributed by atoms with Gasteiger partial charge in [0, 0.05) is 6.07 Å². The number of hydrogen-bond acceptors (Lipinski definition) is 3. The molecular formula is C4H5NO2. The SMILES string of the molecule is Cc1cc(O)on1. The molecule has 3 heteroatoms. The van der Waals surface area contributed by atoms with E-state index < -0.39 is 0 Å². The van der Waals surface area contributed by atoms with E-state index in [0.29, 0.717) is 5.69 Å². The molecule has 0 unspecified atom stereocenters. The predicted octanol–water partition coefficient (Wildman–Crippen LogP) is 0.689. The molecule has 7 heavy (non-hydrogen) atoms. The highest BCUT2D eigenvalue weighted by Gasteiger charge is 1.91. The minimum absolute atomic E-state index is 0.127. The summed E-state index contributed by atoms with van der Waals surface area (Å²) in [5.74, 6) is -0.127. The number of aromatic hydroxyl groups is 1. The van der Waals surface area contributed by atoms with E-state index in [2.05, 4.69) is 9.68 Å². The first-order chi connectivity index (χ1) is 3.29. The molecule has 0 atom stereocenters. The van der Waals surface area contributed by atoms with E-state index in [0.717, 1.165) is 0 Å². The van der Waals surface area contributed by atoms with E-state index in [4.69, 9.17) is 5.11 Å². The van der Waals surface area contributed by atoms with E-state index in [1.165, 1.54) is 6.07 Å². The van der Waals surface area contributed by atoms with Gasteiger partial charge in [0.2, 0.25) is 0 Å². The minimum Gasteiger partial charge on any atom is -0.479 e. The second-order valence-corrected chi connectivity index (χ2v) is 1.31. The highest BCUT2D eigenvalue weighted by atomic mass is 16.5. The summed E-state index contributed by atoms with van der Waals surface area (Å²) >= 11 is 0. The van der Waals surface area contributed by atoms with Gasteiger partial charge in [0.25, 0.3) is 0 Å². The Bertz CT molecular complexity index is 142. The average molecular weight is 99.1 g/mol. The van der Waals surface area contributed by atoms with Crippen LogP contribution in [0.4, 0.5) is 0 Å². The average Bonchev–Trinajstić information content (AvgIpc) is 1.87. The first-order valence-corrected chi connectivity index (χ1v) is 1.91. The Morgan fingerprint density at radius 2 is 2.57 bits per heavy atom. The fraction of sp³-hybridized carbons (Fsp3) is 0.250. The highest BCUT2D eigenvalue weighted by molar-refractivity contribution is 5.05. The third-order valence-electron chi connectivity index (χ3n) is 0.616. The Balaban J connectivity index is 3.04. The first-order valence-electron chi connectivity index (χ1n) is 1.91. The summed E-state index contributed by atoms with van der Waals surface area (Å²) in [6.07, 6.45) is 0. The Hall–Kier alpha value is -0.990. The zero-order valence-corrected chi connectivity index (χ0v) is 3.88. The molecule has 0 aromatic carbocycles. The molecule has 0 fully saturated rings. The van der Waals surface area contributed by atoms with E-state index in [9.17, 15) is 0 Å². The van der Waals surface area contributed by atoms with Crippen LogP contribution in [0.15, 0.2) is 10.6 Å². The van der Waals surface area contributed by atoms with Gasteiger partial charge in [-0.05, 0) is 6.92 Å². The van der Waals surface area contributed by atoms with E-state index >= 15 is 0 Å². The molecule has 0 saturated carbocycles. The summed E-state index contributed by atoms with van der Waals surface area (Å²) in [6.45, 7) is 1.74. The number of nitrogens with zero attached hydrogens (tertiary/aromatic N) is 1. The van der Waals surface area contributed by atoms with E-state index in [1.807, 2.05) is 0 Å². The van der Waals surface area contributed by atoms with Crippen molar-refractivity contribution in [2.45, 2.75) is 6.92 Å². The smallest absolute Gasteiger partial charge is 0.308 e. The molecule has 0 spiro atoms. The third kappa shape index (κ3) is 0.707. The zero-order valence-electron chi connectivity index (χ0n) is 3.88. The van der Waals surface area contributed by atoms with Crippen LogP contribution in [0, 0.1) is 6.92 Å². The van der Waals surface area contributed by atoms with Crippen molar-refractivity contribution in [3.63, 3.8) is 0 Å². The summed E-state index contributed by atoms with van der Waals surface area (Å²) in [5, 5.41) is 11.8. The van der Waals surface area contributed by atoms with Crippen LogP contribution in [0.5, 0.6) is 5.95 Å². The number of hydrogen-bond donors (Lipinski definition) is 1. The monoisotopic (exact) mass is 99.0 g/mol. The lowest BCUT2D eigenvalue weighted by Gasteiger charge is -1.66. The van der Waals surface area contributed by atoms with Crippen LogP contribution in [0.1, 0.15) is 5.69 Å². The molecule has 0 saturated heterocycles. The zero-order chi connectivity index (χ0) is 5.28. The van der Waals surface area contributed by atoms with Crippen LogP contribution in [-0.4, -0.2) is 10.3 Å². The van der Waals surface area contributed by atoms with Crippen LogP contribution in [0.25, 0.3) is 0 Å². The third-order valence-corrected chi connectivity index (χ3v) is 0.616. The van der Waals surface area contributed by atoms with Gasteiger partial charge < -0.3 is 9.63 Å². The molecule has 0 amide bonds. The predicted molar refractivity (Wildman–Crippen MR) is 22.9 cm³/mol. The van der Waals surface area contributed by atoms with Gasteiger partial charge in [-0.1, -0.05) is 5.16 Å². The molecule has 0 radical (unpaired) electrons. The number of rotatable bonds is 0. The van der Waals surface area contributed by atoms with Crippen molar-refractivity contribution in [1.82, 2.24) is 5.16 Å². The number of aryl methyl sites for hydroxylation is 1. The fourth-order valence-electron chi connectivity index (χ4n) is 0.350. The van der Waals surface area contributed by atoms with E-state index in [1.54, 1.807) is 6.92 Å². The summed E-state index contributed by atoms with van der Waals surface area (Å²) < 4.78 is 4.27. The quantitative estimate of drug-likeness (QED) is 0.520. The van der Waals surface area contributed by atoms with Gasteiger partial charge in [-0.2, -0.15) is 0 Å². The second kappa shape index (κ2) is 1.26. The fourth-order valence-corrected chi connectivity index (χ4v) is 0.350. The van der Waals surface area contributed by atoms with Crippen molar-refractivity contribution in [2.75, 3.05) is 0 Å². The van der Waals surface area contributed by atoms with Gasteiger partial charge in [0.05, 0.1) is 5.69 Å². The van der Waals surface area contributed by atoms with Crippen molar-refractivity contribution in [2.24, 2.45) is 0 Å². The molecule has 1 N–H and O–H groups in total. The van der Waals surface area contributed by atoms with Gasteiger partial charge in [-0.25, -0.2) is 0 Å². The summed E-state index contributed by atoms with van der Waals surface area (Å²) in [6, 6.07) is 1.44. The first kappa shape index (κ1) is 4.18. The van der Waals surface area contributed by atoms with Gasteiger partial charge in [0.15, 0.2) is 0 Å². The lowest BCUT2D eigenvalue weighted by atomic mass is 10.5. The van der Waals surface area contributed by atoms with Gasteiger partial charge in [0.1, 0.15) is 0 Å². The molecule has 0 bridgehead atoms. The van der Waals surface area contributed by atoms with E-state index in [-0.39, 0.29) is 5.95 Å². The Labute approximate surface area is 40.6 Å². The molecular weight excluding hydrogens is 94.0 g/mol. The molecule has 0 aliphatic rings. The Kier molecular flexibility index (Phi) is 0.749. The van der Waals surface area contributed by atoms with Crippen LogP contribution in [0.3, 0.4) is 0 Å². The van der Waals surface area contributed by atoms with Gasteiger partial charge in [-0.3, -0.25) is 0 Å². The van der Waals surface area contributed by atoms with Crippen LogP contribution in [-0.2, 0) is 0 Å². The summed E-state index contributed by atoms with van der Waals surface area (Å²) in [7, 11) is 0. The maximum absolute atomic E-state index is 8.42. The van der Waals surface area contributed by atoms with Crippen LogP contribution >= 0.6 is 0 Å². The van der Waals surface area contributed by atoms with Crippen LogP contribution in [0.2, 0.25) is 0 Å². The van der Waals surface area contributed by atoms with Crippen molar-refractivity contribution < 1.29 is 9.63 Å². The summed E-state index contributed by atoms with van der Waals surface area (Å²) in [4.78, 5) is 0. The molecule has 0 aliphatic heterocycles. The lowest BCUT2D eigenvalue weighted by molar-refractivity contribution is 0.276. The largest absolute Gasteiger partial charge is 0.479 e. The van der Waals surface area contributed by atoms with Crippen molar-refractivity contribution >= 4 is 0 Å². The molecule has 0 aliphatic carbocycles. The molecule has 1 aromatic rings. The Morgan fingerprint density at radius 3 is 2.71 bits per heavy atom. The van der Waals surface area contributed by atoms with Gasteiger partial charge in [-0.15, -0.1) is 0 Å². The molecule has 1 aromatic heterocycles. The van der Waals surface area contributed by atoms with Crippen LogP contribution < -0.4 is 0 Å². The lowest BCUT2D eigenvalue weighted by Crippen LogP contribution is -1.59. The molecule has 1 rings (SSSR count).